The molecule has 1 aromatic heterocycles. The van der Waals surface area contributed by atoms with Gasteiger partial charge in [0.05, 0.1) is 23.7 Å². The van der Waals surface area contributed by atoms with Crippen LogP contribution in [0.25, 0.3) is 0 Å². The first-order valence-electron chi connectivity index (χ1n) is 7.59. The SMILES string of the molecule is CC[NH+]1CC[NH+]([C@H](c2cccs2)[C@@H](C)NS(C)(=O)=O)CC1. The lowest BCUT2D eigenvalue weighted by molar-refractivity contribution is -1.03. The van der Waals surface area contributed by atoms with Crippen molar-refractivity contribution in [3.63, 3.8) is 0 Å². The Morgan fingerprint density at radius 2 is 2.00 bits per heavy atom. The molecule has 0 unspecified atom stereocenters. The summed E-state index contributed by atoms with van der Waals surface area (Å²) in [6.07, 6.45) is 1.24. The number of quaternary nitrogens is 2. The Labute approximate surface area is 132 Å². The highest BCUT2D eigenvalue weighted by molar-refractivity contribution is 7.88. The fraction of sp³-hybridized carbons (Fsp3) is 0.714. The van der Waals surface area contributed by atoms with E-state index in [1.54, 1.807) is 16.2 Å². The van der Waals surface area contributed by atoms with Gasteiger partial charge < -0.3 is 9.80 Å². The van der Waals surface area contributed by atoms with Gasteiger partial charge in [0.15, 0.2) is 0 Å². The molecule has 1 aliphatic rings. The second-order valence-corrected chi connectivity index (χ2v) is 8.69. The average molecular weight is 334 g/mol. The van der Waals surface area contributed by atoms with Crippen molar-refractivity contribution >= 4 is 21.4 Å². The molecule has 0 aromatic carbocycles. The lowest BCUT2D eigenvalue weighted by Crippen LogP contribution is -3.28. The second kappa shape index (κ2) is 7.19. The summed E-state index contributed by atoms with van der Waals surface area (Å²) in [6, 6.07) is 4.30. The zero-order chi connectivity index (χ0) is 15.5. The molecule has 0 saturated carbocycles. The number of nitrogens with one attached hydrogen (secondary N) is 3. The summed E-state index contributed by atoms with van der Waals surface area (Å²) in [4.78, 5) is 4.42. The number of sulfonamides is 1. The maximum atomic E-state index is 11.6. The summed E-state index contributed by atoms with van der Waals surface area (Å²) in [6.45, 7) is 9.91. The fourth-order valence-electron chi connectivity index (χ4n) is 3.26. The molecule has 1 fully saturated rings. The van der Waals surface area contributed by atoms with Gasteiger partial charge in [0.1, 0.15) is 32.2 Å². The van der Waals surface area contributed by atoms with Crippen LogP contribution in [0.1, 0.15) is 24.8 Å². The first-order valence-corrected chi connectivity index (χ1v) is 10.4. The lowest BCUT2D eigenvalue weighted by Gasteiger charge is -2.36. The Morgan fingerprint density at radius 1 is 1.33 bits per heavy atom. The van der Waals surface area contributed by atoms with E-state index in [1.807, 2.05) is 13.0 Å². The van der Waals surface area contributed by atoms with Crippen molar-refractivity contribution < 1.29 is 18.2 Å². The number of rotatable bonds is 6. The van der Waals surface area contributed by atoms with Crippen molar-refractivity contribution in [2.75, 3.05) is 39.0 Å². The highest BCUT2D eigenvalue weighted by Gasteiger charge is 2.35. The van der Waals surface area contributed by atoms with Crippen molar-refractivity contribution in [2.24, 2.45) is 0 Å². The summed E-state index contributed by atoms with van der Waals surface area (Å²) >= 11 is 1.72. The molecule has 2 heterocycles. The van der Waals surface area contributed by atoms with E-state index in [1.165, 1.54) is 35.7 Å². The molecule has 5 nitrogen and oxygen atoms in total. The zero-order valence-electron chi connectivity index (χ0n) is 13.1. The summed E-state index contributed by atoms with van der Waals surface area (Å²) in [5.74, 6) is 0. The van der Waals surface area contributed by atoms with E-state index >= 15 is 0 Å². The zero-order valence-corrected chi connectivity index (χ0v) is 14.7. The van der Waals surface area contributed by atoms with Gasteiger partial charge in [-0.25, -0.2) is 13.1 Å². The van der Waals surface area contributed by atoms with E-state index in [0.717, 1.165) is 13.1 Å². The standard InChI is InChI=1S/C14H25N3O2S2/c1-4-16-7-9-17(10-8-16)14(13-6-5-11-20-13)12(2)15-21(3,18)19/h5-6,11-12,14-15H,4,7-10H2,1-3H3/p+2/t12-,14+/m1/s1. The molecule has 1 aliphatic heterocycles. The Hall–Kier alpha value is -0.470. The van der Waals surface area contributed by atoms with Gasteiger partial charge in [0.2, 0.25) is 10.0 Å². The van der Waals surface area contributed by atoms with Gasteiger partial charge in [0, 0.05) is 0 Å². The van der Waals surface area contributed by atoms with Crippen molar-refractivity contribution in [3.05, 3.63) is 22.4 Å². The first kappa shape index (κ1) is 16.9. The smallest absolute Gasteiger partial charge is 0.209 e. The summed E-state index contributed by atoms with van der Waals surface area (Å²) < 4.78 is 25.9. The summed E-state index contributed by atoms with van der Waals surface area (Å²) in [5.41, 5.74) is 0. The normalized spacial score (nSPS) is 26.4. The second-order valence-electron chi connectivity index (χ2n) is 5.93. The molecule has 1 aromatic rings. The van der Waals surface area contributed by atoms with E-state index in [-0.39, 0.29) is 12.1 Å². The number of hydrogen-bond donors (Lipinski definition) is 3. The number of likely N-dealkylation sites (N-methyl/N-ethyl adjacent to an activating group) is 1. The minimum atomic E-state index is -3.18. The van der Waals surface area contributed by atoms with E-state index in [0.29, 0.717) is 0 Å². The lowest BCUT2D eigenvalue weighted by atomic mass is 10.1. The molecule has 2 rings (SSSR count). The molecule has 0 spiro atoms. The summed E-state index contributed by atoms with van der Waals surface area (Å²) in [5, 5.41) is 2.07. The quantitative estimate of drug-likeness (QED) is 0.595. The van der Waals surface area contributed by atoms with Crippen LogP contribution in [0.15, 0.2) is 17.5 Å². The Kier molecular flexibility index (Phi) is 5.79. The molecule has 3 N–H and O–H groups in total. The van der Waals surface area contributed by atoms with Gasteiger partial charge in [-0.1, -0.05) is 6.07 Å². The van der Waals surface area contributed by atoms with Gasteiger partial charge in [0.25, 0.3) is 0 Å². The monoisotopic (exact) mass is 333 g/mol. The Morgan fingerprint density at radius 3 is 2.48 bits per heavy atom. The molecule has 2 atom stereocenters. The number of thiophene rings is 1. The van der Waals surface area contributed by atoms with Gasteiger partial charge in [-0.3, -0.25) is 0 Å². The van der Waals surface area contributed by atoms with Crippen LogP contribution in [0, 0.1) is 0 Å². The predicted octanol–water partition coefficient (Wildman–Crippen LogP) is -1.47. The van der Waals surface area contributed by atoms with Crippen molar-refractivity contribution in [1.29, 1.82) is 0 Å². The van der Waals surface area contributed by atoms with E-state index in [9.17, 15) is 8.42 Å². The van der Waals surface area contributed by atoms with E-state index in [4.69, 9.17) is 0 Å². The first-order chi connectivity index (χ1) is 9.90. The molecule has 0 amide bonds. The molecule has 1 saturated heterocycles. The third-order valence-electron chi connectivity index (χ3n) is 4.29. The third-order valence-corrected chi connectivity index (χ3v) is 6.04. The largest absolute Gasteiger partial charge is 0.326 e. The maximum absolute atomic E-state index is 11.6. The molecular formula is C14H27N3O2S2+2. The van der Waals surface area contributed by atoms with Crippen LogP contribution in [0.5, 0.6) is 0 Å². The van der Waals surface area contributed by atoms with Crippen molar-refractivity contribution in [2.45, 2.75) is 25.9 Å². The maximum Gasteiger partial charge on any atom is 0.209 e. The van der Waals surface area contributed by atoms with E-state index in [2.05, 4.69) is 23.1 Å². The van der Waals surface area contributed by atoms with Crippen molar-refractivity contribution in [1.82, 2.24) is 4.72 Å². The van der Waals surface area contributed by atoms with Crippen LogP contribution in [0.3, 0.4) is 0 Å². The Bertz CT molecular complexity index is 522. The van der Waals surface area contributed by atoms with Crippen LogP contribution in [0.4, 0.5) is 0 Å². The van der Waals surface area contributed by atoms with Crippen LogP contribution in [0.2, 0.25) is 0 Å². The predicted molar refractivity (Wildman–Crippen MR) is 86.4 cm³/mol. The van der Waals surface area contributed by atoms with Crippen LogP contribution in [-0.2, 0) is 10.0 Å². The molecule has 0 radical (unpaired) electrons. The van der Waals surface area contributed by atoms with Crippen LogP contribution in [-0.4, -0.2) is 53.4 Å². The molecule has 21 heavy (non-hydrogen) atoms. The summed E-state index contributed by atoms with van der Waals surface area (Å²) in [7, 11) is -3.18. The van der Waals surface area contributed by atoms with Crippen molar-refractivity contribution in [3.8, 4) is 0 Å². The molecule has 0 aliphatic carbocycles. The topological polar surface area (TPSA) is 55.1 Å². The average Bonchev–Trinajstić information content (AvgIpc) is 2.91. The third kappa shape index (κ3) is 4.75. The number of hydrogen-bond acceptors (Lipinski definition) is 3. The number of piperazine rings is 1. The van der Waals surface area contributed by atoms with Gasteiger partial charge in [-0.2, -0.15) is 0 Å². The Balaban J connectivity index is 2.14. The minimum Gasteiger partial charge on any atom is -0.326 e. The van der Waals surface area contributed by atoms with Crippen LogP contribution >= 0.6 is 11.3 Å². The highest BCUT2D eigenvalue weighted by Crippen LogP contribution is 2.20. The molecule has 0 bridgehead atoms. The molecule has 7 heteroatoms. The molecule has 120 valence electrons. The minimum absolute atomic E-state index is 0.0863. The van der Waals surface area contributed by atoms with E-state index < -0.39 is 10.0 Å². The fourth-order valence-corrected chi connectivity index (χ4v) is 5.06. The van der Waals surface area contributed by atoms with Gasteiger partial charge in [-0.15, -0.1) is 11.3 Å². The van der Waals surface area contributed by atoms with Gasteiger partial charge in [-0.05, 0) is 25.3 Å². The highest BCUT2D eigenvalue weighted by atomic mass is 32.2. The van der Waals surface area contributed by atoms with Crippen LogP contribution < -0.4 is 14.5 Å². The van der Waals surface area contributed by atoms with Gasteiger partial charge >= 0.3 is 0 Å². The molecular weight excluding hydrogens is 306 g/mol.